The quantitative estimate of drug-likeness (QED) is 0.277. The number of rotatable bonds is 9. The highest BCUT2D eigenvalue weighted by Crippen LogP contribution is 2.38. The van der Waals surface area contributed by atoms with Crippen LogP contribution in [0, 0.1) is 29.1 Å². The second-order valence-corrected chi connectivity index (χ2v) is 9.22. The highest BCUT2D eigenvalue weighted by atomic mass is 19.2. The van der Waals surface area contributed by atoms with Crippen LogP contribution in [0.1, 0.15) is 46.4 Å². The van der Waals surface area contributed by atoms with E-state index in [0.717, 1.165) is 17.0 Å². The Morgan fingerprint density at radius 2 is 1.70 bits per heavy atom. The van der Waals surface area contributed by atoms with Gasteiger partial charge in [0.2, 0.25) is 0 Å². The van der Waals surface area contributed by atoms with Crippen molar-refractivity contribution in [3.63, 3.8) is 0 Å². The summed E-state index contributed by atoms with van der Waals surface area (Å²) >= 11 is 0. The predicted molar refractivity (Wildman–Crippen MR) is 135 cm³/mol. The normalized spacial score (nSPS) is 14.8. The minimum Gasteiger partial charge on any atom is -0.490 e. The summed E-state index contributed by atoms with van der Waals surface area (Å²) in [6, 6.07) is 6.45. The Hall–Kier alpha value is -4.19. The van der Waals surface area contributed by atoms with E-state index >= 15 is 4.39 Å². The Bertz CT molecular complexity index is 1430. The maximum Gasteiger partial charge on any atom is 0.325 e. The van der Waals surface area contributed by atoms with Gasteiger partial charge in [0.1, 0.15) is 23.3 Å². The summed E-state index contributed by atoms with van der Waals surface area (Å²) in [7, 11) is 1.52. The molecule has 1 aliphatic heterocycles. The maximum absolute atomic E-state index is 15.2. The zero-order valence-electron chi connectivity index (χ0n) is 21.6. The number of benzene rings is 3. The fourth-order valence-corrected chi connectivity index (χ4v) is 4.34. The number of nitrogens with zero attached hydrogens (tertiary/aromatic N) is 2. The van der Waals surface area contributed by atoms with Crippen LogP contribution < -0.4 is 15.0 Å². The summed E-state index contributed by atoms with van der Waals surface area (Å²) in [4.78, 5) is 28.6. The molecule has 3 aromatic carbocycles. The smallest absolute Gasteiger partial charge is 0.325 e. The molecule has 0 aromatic heterocycles. The van der Waals surface area contributed by atoms with Crippen LogP contribution in [0.2, 0.25) is 0 Å². The number of urea groups is 1. The van der Waals surface area contributed by atoms with E-state index in [1.807, 2.05) is 0 Å². The number of aliphatic hydroxyl groups excluding tert-OH is 1. The average Bonchev–Trinajstić information content (AvgIpc) is 2.91. The largest absolute Gasteiger partial charge is 0.490 e. The molecule has 7 nitrogen and oxygen atoms in total. The highest BCUT2D eigenvalue weighted by molar-refractivity contribution is 5.99. The molecule has 1 heterocycles. The van der Waals surface area contributed by atoms with Crippen molar-refractivity contribution in [1.82, 2.24) is 10.2 Å². The Balaban J connectivity index is 1.64. The van der Waals surface area contributed by atoms with Gasteiger partial charge in [0, 0.05) is 55.4 Å². The van der Waals surface area contributed by atoms with E-state index in [4.69, 9.17) is 9.84 Å². The zero-order valence-corrected chi connectivity index (χ0v) is 21.6. The van der Waals surface area contributed by atoms with Crippen LogP contribution in [0.4, 0.5) is 32.4 Å². The third-order valence-electron chi connectivity index (χ3n) is 6.71. The molecule has 4 rings (SSSR count). The number of ether oxygens (including phenoxy) is 1. The molecule has 0 fully saturated rings. The lowest BCUT2D eigenvalue weighted by Gasteiger charge is -2.39. The van der Waals surface area contributed by atoms with E-state index in [1.54, 1.807) is 13.0 Å². The van der Waals surface area contributed by atoms with Crippen LogP contribution in [0.25, 0.3) is 0 Å². The number of anilines is 1. The van der Waals surface area contributed by atoms with E-state index in [9.17, 15) is 27.2 Å². The molecule has 0 aliphatic carbocycles. The summed E-state index contributed by atoms with van der Waals surface area (Å²) < 4.78 is 76.5. The van der Waals surface area contributed by atoms with Crippen LogP contribution in [-0.4, -0.2) is 42.2 Å². The number of aliphatic hydroxyl groups is 1. The predicted octanol–water partition coefficient (Wildman–Crippen LogP) is 5.21. The van der Waals surface area contributed by atoms with Crippen molar-refractivity contribution < 1.29 is 41.4 Å². The van der Waals surface area contributed by atoms with Gasteiger partial charge in [0.05, 0.1) is 24.9 Å². The SMILES string of the molecule is C[C@H]1c2ccc(C(=O)NCc3c(F)cc(F)cc3F)cc2N(Cc2c(F)ccc(OCCCO)c2F)C(=O)N1C. The molecule has 212 valence electrons. The Morgan fingerprint density at radius 1 is 1.00 bits per heavy atom. The average molecular weight is 564 g/mol. The molecule has 3 amide bonds. The molecule has 3 aromatic rings. The third-order valence-corrected chi connectivity index (χ3v) is 6.71. The summed E-state index contributed by atoms with van der Waals surface area (Å²) in [6.07, 6.45) is 0.234. The molecule has 0 saturated carbocycles. The number of halogens is 5. The number of carbonyl (C=O) groups excluding carboxylic acids is 2. The molecule has 0 spiro atoms. The van der Waals surface area contributed by atoms with Crippen LogP contribution in [0.3, 0.4) is 0 Å². The van der Waals surface area contributed by atoms with Gasteiger partial charge in [0.25, 0.3) is 5.91 Å². The summed E-state index contributed by atoms with van der Waals surface area (Å²) in [5.41, 5.74) is -0.163. The molecular formula is C28H26F5N3O4. The van der Waals surface area contributed by atoms with E-state index < -0.39 is 71.3 Å². The van der Waals surface area contributed by atoms with Crippen LogP contribution in [-0.2, 0) is 13.1 Å². The second-order valence-electron chi connectivity index (χ2n) is 9.22. The maximum atomic E-state index is 15.2. The van der Waals surface area contributed by atoms with Gasteiger partial charge in [0.15, 0.2) is 11.6 Å². The lowest BCUT2D eigenvalue weighted by atomic mass is 9.98. The van der Waals surface area contributed by atoms with Gasteiger partial charge in [-0.1, -0.05) is 6.07 Å². The Labute approximate surface area is 226 Å². The number of hydrogen-bond donors (Lipinski definition) is 2. The van der Waals surface area contributed by atoms with Crippen molar-refractivity contribution in [2.45, 2.75) is 32.5 Å². The lowest BCUT2D eigenvalue weighted by Crippen LogP contribution is -2.47. The molecule has 0 radical (unpaired) electrons. The van der Waals surface area contributed by atoms with Crippen LogP contribution in [0.15, 0.2) is 42.5 Å². The van der Waals surface area contributed by atoms with E-state index in [-0.39, 0.29) is 36.6 Å². The molecule has 40 heavy (non-hydrogen) atoms. The molecule has 12 heteroatoms. The number of fused-ring (bicyclic) bond motifs is 1. The van der Waals surface area contributed by atoms with E-state index in [0.29, 0.717) is 17.7 Å². The molecular weight excluding hydrogens is 537 g/mol. The number of nitrogens with one attached hydrogen (secondary N) is 1. The van der Waals surface area contributed by atoms with Crippen molar-refractivity contribution in [2.75, 3.05) is 25.2 Å². The van der Waals surface area contributed by atoms with Gasteiger partial charge in [-0.15, -0.1) is 0 Å². The number of hydrogen-bond acceptors (Lipinski definition) is 4. The summed E-state index contributed by atoms with van der Waals surface area (Å²) in [5, 5.41) is 11.3. The second kappa shape index (κ2) is 11.9. The van der Waals surface area contributed by atoms with Crippen LogP contribution in [0.5, 0.6) is 5.75 Å². The lowest BCUT2D eigenvalue weighted by molar-refractivity contribution is 0.0950. The Kier molecular flexibility index (Phi) is 8.58. The third kappa shape index (κ3) is 5.71. The first-order valence-electron chi connectivity index (χ1n) is 12.3. The van der Waals surface area contributed by atoms with Crippen molar-refractivity contribution in [2.24, 2.45) is 0 Å². The molecule has 1 aliphatic rings. The first kappa shape index (κ1) is 28.8. The minimum atomic E-state index is -1.16. The first-order valence-corrected chi connectivity index (χ1v) is 12.3. The molecule has 0 saturated heterocycles. The monoisotopic (exact) mass is 563 g/mol. The summed E-state index contributed by atoms with van der Waals surface area (Å²) in [6.45, 7) is 0.450. The van der Waals surface area contributed by atoms with Gasteiger partial charge in [-0.3, -0.25) is 9.69 Å². The molecule has 0 unspecified atom stereocenters. The molecule has 1 atom stereocenters. The minimum absolute atomic E-state index is 0.00554. The van der Waals surface area contributed by atoms with Crippen molar-refractivity contribution in [3.8, 4) is 5.75 Å². The van der Waals surface area contributed by atoms with E-state index in [2.05, 4.69) is 5.32 Å². The molecule has 0 bridgehead atoms. The zero-order chi connectivity index (χ0) is 29.1. The van der Waals surface area contributed by atoms with Gasteiger partial charge in [-0.25, -0.2) is 26.7 Å². The first-order chi connectivity index (χ1) is 19.0. The van der Waals surface area contributed by atoms with Gasteiger partial charge in [-0.05, 0) is 36.8 Å². The fourth-order valence-electron chi connectivity index (χ4n) is 4.34. The van der Waals surface area contributed by atoms with Crippen molar-refractivity contribution in [1.29, 1.82) is 0 Å². The number of amides is 3. The fraction of sp³-hybridized carbons (Fsp3) is 0.286. The topological polar surface area (TPSA) is 82.1 Å². The van der Waals surface area contributed by atoms with Gasteiger partial charge in [-0.2, -0.15) is 0 Å². The van der Waals surface area contributed by atoms with Crippen molar-refractivity contribution in [3.05, 3.63) is 93.8 Å². The van der Waals surface area contributed by atoms with Crippen LogP contribution >= 0.6 is 0 Å². The summed E-state index contributed by atoms with van der Waals surface area (Å²) in [5.74, 6) is -6.34. The Morgan fingerprint density at radius 3 is 2.38 bits per heavy atom. The van der Waals surface area contributed by atoms with Gasteiger partial charge >= 0.3 is 6.03 Å². The van der Waals surface area contributed by atoms with Crippen molar-refractivity contribution >= 4 is 17.6 Å². The standard InChI is InChI=1S/C28H26F5N3O4/c1-15-18-5-4-16(27(38)34-13-19-22(31)11-17(29)12-23(19)32)10-24(18)36(28(39)35(15)2)14-20-21(30)6-7-25(26(20)33)40-9-3-8-37/h4-7,10-12,15,37H,3,8-9,13-14H2,1-2H3,(H,34,38)/t15-/m0/s1. The van der Waals surface area contributed by atoms with Gasteiger partial charge < -0.3 is 20.1 Å². The molecule has 2 N–H and O–H groups in total. The highest BCUT2D eigenvalue weighted by Gasteiger charge is 2.35. The number of carbonyl (C=O) groups is 2. The van der Waals surface area contributed by atoms with E-state index in [1.165, 1.54) is 24.1 Å².